The summed E-state index contributed by atoms with van der Waals surface area (Å²) in [6.07, 6.45) is 1.52. The van der Waals surface area contributed by atoms with Crippen LogP contribution in [0.3, 0.4) is 0 Å². The molecule has 26 heavy (non-hydrogen) atoms. The van der Waals surface area contributed by atoms with Crippen molar-refractivity contribution in [2.24, 2.45) is 0 Å². The maximum atomic E-state index is 13.5. The second kappa shape index (κ2) is 6.44. The van der Waals surface area contributed by atoms with Gasteiger partial charge in [-0.15, -0.1) is 0 Å². The number of halogens is 1. The molecular formula is C16H13FN4O3S2. The zero-order valence-corrected chi connectivity index (χ0v) is 15.1. The van der Waals surface area contributed by atoms with E-state index in [9.17, 15) is 18.8 Å². The fraction of sp³-hybridized carbons (Fsp3) is 0.312. The van der Waals surface area contributed by atoms with E-state index in [-0.39, 0.29) is 36.2 Å². The van der Waals surface area contributed by atoms with Crippen LogP contribution in [0.25, 0.3) is 5.65 Å². The summed E-state index contributed by atoms with van der Waals surface area (Å²) in [5, 5.41) is 0. The van der Waals surface area contributed by atoms with E-state index in [4.69, 9.17) is 12.2 Å². The van der Waals surface area contributed by atoms with Crippen LogP contribution in [0.2, 0.25) is 0 Å². The van der Waals surface area contributed by atoms with Gasteiger partial charge in [-0.1, -0.05) is 24.0 Å². The van der Waals surface area contributed by atoms with Gasteiger partial charge in [0, 0.05) is 19.2 Å². The zero-order chi connectivity index (χ0) is 18.4. The minimum atomic E-state index is -0.538. The van der Waals surface area contributed by atoms with Gasteiger partial charge >= 0.3 is 0 Å². The SMILES string of the molecule is O=C(CN1C(=O)CSC1=S)N1CCc2nc3ccc(F)cn3c(=O)c2C1. The van der Waals surface area contributed by atoms with Gasteiger partial charge in [-0.3, -0.25) is 23.7 Å². The van der Waals surface area contributed by atoms with Gasteiger partial charge in [0.2, 0.25) is 11.8 Å². The molecule has 0 spiro atoms. The van der Waals surface area contributed by atoms with Gasteiger partial charge in [0.1, 0.15) is 22.3 Å². The van der Waals surface area contributed by atoms with Gasteiger partial charge in [0.25, 0.3) is 5.56 Å². The molecule has 0 saturated carbocycles. The molecule has 4 heterocycles. The smallest absolute Gasteiger partial charge is 0.263 e. The van der Waals surface area contributed by atoms with Crippen LogP contribution in [0.5, 0.6) is 0 Å². The number of pyridine rings is 1. The van der Waals surface area contributed by atoms with E-state index in [2.05, 4.69) is 4.98 Å². The van der Waals surface area contributed by atoms with E-state index in [1.54, 1.807) is 0 Å². The number of fused-ring (bicyclic) bond motifs is 2. The number of carbonyl (C=O) groups excluding carboxylic acids is 2. The molecule has 0 bridgehead atoms. The molecule has 2 aliphatic heterocycles. The van der Waals surface area contributed by atoms with Gasteiger partial charge in [0.15, 0.2) is 0 Å². The van der Waals surface area contributed by atoms with Crippen LogP contribution in [0.4, 0.5) is 4.39 Å². The van der Waals surface area contributed by atoms with Crippen molar-refractivity contribution in [2.75, 3.05) is 18.8 Å². The first-order valence-electron chi connectivity index (χ1n) is 7.88. The molecule has 2 aromatic heterocycles. The molecule has 10 heteroatoms. The first-order chi connectivity index (χ1) is 12.4. The largest absolute Gasteiger partial charge is 0.336 e. The highest BCUT2D eigenvalue weighted by Crippen LogP contribution is 2.20. The van der Waals surface area contributed by atoms with E-state index in [1.165, 1.54) is 33.7 Å². The lowest BCUT2D eigenvalue weighted by molar-refractivity contribution is -0.136. The molecule has 2 aromatic rings. The number of rotatable bonds is 2. The number of amides is 2. The highest BCUT2D eigenvalue weighted by molar-refractivity contribution is 8.23. The lowest BCUT2D eigenvalue weighted by atomic mass is 10.1. The molecule has 7 nitrogen and oxygen atoms in total. The third-order valence-electron chi connectivity index (χ3n) is 4.42. The maximum absolute atomic E-state index is 13.5. The third-order valence-corrected chi connectivity index (χ3v) is 5.85. The first-order valence-corrected chi connectivity index (χ1v) is 9.28. The first kappa shape index (κ1) is 17.1. The molecule has 2 amide bonds. The van der Waals surface area contributed by atoms with Crippen molar-refractivity contribution in [1.29, 1.82) is 0 Å². The lowest BCUT2D eigenvalue weighted by Crippen LogP contribution is -2.45. The molecule has 4 rings (SSSR count). The summed E-state index contributed by atoms with van der Waals surface area (Å²) in [5.74, 6) is -0.757. The predicted molar refractivity (Wildman–Crippen MR) is 97.3 cm³/mol. The maximum Gasteiger partial charge on any atom is 0.263 e. The predicted octanol–water partition coefficient (Wildman–Crippen LogP) is 0.579. The van der Waals surface area contributed by atoms with Gasteiger partial charge in [-0.2, -0.15) is 0 Å². The summed E-state index contributed by atoms with van der Waals surface area (Å²) < 4.78 is 15.0. The van der Waals surface area contributed by atoms with Crippen LogP contribution >= 0.6 is 24.0 Å². The topological polar surface area (TPSA) is 75.0 Å². The Morgan fingerprint density at radius 2 is 2.15 bits per heavy atom. The van der Waals surface area contributed by atoms with Gasteiger partial charge in [0.05, 0.1) is 23.6 Å². The van der Waals surface area contributed by atoms with E-state index in [0.29, 0.717) is 34.2 Å². The van der Waals surface area contributed by atoms with Crippen LogP contribution < -0.4 is 5.56 Å². The Kier molecular flexibility index (Phi) is 4.23. The average Bonchev–Trinajstić information content (AvgIpc) is 2.94. The Morgan fingerprint density at radius 3 is 2.88 bits per heavy atom. The van der Waals surface area contributed by atoms with Crippen molar-refractivity contribution >= 4 is 45.8 Å². The summed E-state index contributed by atoms with van der Waals surface area (Å²) in [4.78, 5) is 44.2. The molecule has 2 aliphatic rings. The molecule has 0 aliphatic carbocycles. The Bertz CT molecular complexity index is 1010. The van der Waals surface area contributed by atoms with E-state index >= 15 is 0 Å². The average molecular weight is 392 g/mol. The van der Waals surface area contributed by atoms with Crippen LogP contribution in [0.15, 0.2) is 23.1 Å². The van der Waals surface area contributed by atoms with E-state index in [0.717, 1.165) is 10.6 Å². The van der Waals surface area contributed by atoms with E-state index in [1.807, 2.05) is 0 Å². The molecule has 134 valence electrons. The highest BCUT2D eigenvalue weighted by Gasteiger charge is 2.31. The van der Waals surface area contributed by atoms with Crippen molar-refractivity contribution in [1.82, 2.24) is 19.2 Å². The van der Waals surface area contributed by atoms with Gasteiger partial charge in [-0.05, 0) is 12.1 Å². The van der Waals surface area contributed by atoms with Crippen molar-refractivity contribution in [3.05, 3.63) is 45.8 Å². The van der Waals surface area contributed by atoms with Crippen molar-refractivity contribution in [2.45, 2.75) is 13.0 Å². The molecule has 1 saturated heterocycles. The fourth-order valence-electron chi connectivity index (χ4n) is 3.05. The molecule has 0 unspecified atom stereocenters. The number of thioether (sulfide) groups is 1. The van der Waals surface area contributed by atoms with Crippen LogP contribution in [0.1, 0.15) is 11.3 Å². The molecule has 1 fully saturated rings. The Labute approximate surface area is 156 Å². The normalized spacial score (nSPS) is 17.1. The monoisotopic (exact) mass is 392 g/mol. The summed E-state index contributed by atoms with van der Waals surface area (Å²) in [6, 6.07) is 2.70. The Morgan fingerprint density at radius 1 is 1.35 bits per heavy atom. The molecule has 0 atom stereocenters. The van der Waals surface area contributed by atoms with Crippen molar-refractivity contribution < 1.29 is 14.0 Å². The lowest BCUT2D eigenvalue weighted by Gasteiger charge is -2.29. The molecule has 0 N–H and O–H groups in total. The number of nitrogens with zero attached hydrogens (tertiary/aromatic N) is 4. The summed E-state index contributed by atoms with van der Waals surface area (Å²) in [7, 11) is 0. The van der Waals surface area contributed by atoms with Crippen molar-refractivity contribution in [3.8, 4) is 0 Å². The molecule has 0 radical (unpaired) electrons. The number of thiocarbonyl (C=S) groups is 1. The standard InChI is InChI=1S/C16H13FN4O3S2/c17-9-1-2-12-18-11-3-4-19(6-10(11)15(24)20(12)5-9)13(22)7-21-14(23)8-26-16(21)25/h1-2,5H,3-4,6-8H2. The number of hydrogen-bond acceptors (Lipinski definition) is 6. The third kappa shape index (κ3) is 2.88. The zero-order valence-electron chi connectivity index (χ0n) is 13.5. The van der Waals surface area contributed by atoms with Crippen LogP contribution in [-0.2, 0) is 22.6 Å². The highest BCUT2D eigenvalue weighted by atomic mass is 32.2. The number of aromatic nitrogens is 2. The van der Waals surface area contributed by atoms with E-state index < -0.39 is 5.82 Å². The quantitative estimate of drug-likeness (QED) is 0.696. The number of carbonyl (C=O) groups is 2. The number of hydrogen-bond donors (Lipinski definition) is 0. The van der Waals surface area contributed by atoms with Crippen LogP contribution in [-0.4, -0.2) is 54.2 Å². The van der Waals surface area contributed by atoms with Gasteiger partial charge < -0.3 is 4.90 Å². The summed E-state index contributed by atoms with van der Waals surface area (Å²) in [5.41, 5.74) is 0.983. The minimum Gasteiger partial charge on any atom is -0.336 e. The molecule has 0 aromatic carbocycles. The van der Waals surface area contributed by atoms with Crippen molar-refractivity contribution in [3.63, 3.8) is 0 Å². The summed E-state index contributed by atoms with van der Waals surface area (Å²) >= 11 is 6.32. The summed E-state index contributed by atoms with van der Waals surface area (Å²) in [6.45, 7) is 0.357. The van der Waals surface area contributed by atoms with Gasteiger partial charge in [-0.25, -0.2) is 9.37 Å². The van der Waals surface area contributed by atoms with Crippen LogP contribution in [0, 0.1) is 5.82 Å². The second-order valence-electron chi connectivity index (χ2n) is 6.02. The second-order valence-corrected chi connectivity index (χ2v) is 7.63. The molecular weight excluding hydrogens is 379 g/mol. The Hall–Kier alpha value is -2.33. The minimum absolute atomic E-state index is 0.0847. The fourth-order valence-corrected chi connectivity index (χ4v) is 4.12. The Balaban J connectivity index is 1.61.